The molecule has 3 rings (SSSR count). The van der Waals surface area contributed by atoms with Gasteiger partial charge in [-0.1, -0.05) is 59.6 Å². The van der Waals surface area contributed by atoms with Gasteiger partial charge in [-0.3, -0.25) is 13.9 Å². The summed E-state index contributed by atoms with van der Waals surface area (Å²) in [6.07, 6.45) is 0. The number of carbonyl (C=O) groups is 2. The molecular formula is C27H29Cl2N3O4S. The zero-order chi connectivity index (χ0) is 27.2. The van der Waals surface area contributed by atoms with E-state index in [1.54, 1.807) is 81.4 Å². The lowest BCUT2D eigenvalue weighted by Gasteiger charge is -2.32. The number of sulfonamides is 1. The van der Waals surface area contributed by atoms with E-state index in [9.17, 15) is 18.0 Å². The molecule has 0 bridgehead atoms. The Bertz CT molecular complexity index is 1370. The number of amides is 2. The Kier molecular flexibility index (Phi) is 9.59. The molecule has 3 aromatic carbocycles. The standard InChI is InChI=1S/C27H29Cl2N3O4S/c1-4-30-27(34)20(3)31(17-21-10-8-9-13-24(21)29)26(33)18-32(25-15-14-22(28)16-19(25)2)37(35,36)23-11-6-5-7-12-23/h5-16,20H,4,17-18H2,1-3H3,(H,30,34)/t20-/m0/s1. The highest BCUT2D eigenvalue weighted by Crippen LogP contribution is 2.29. The van der Waals surface area contributed by atoms with Gasteiger partial charge >= 0.3 is 0 Å². The smallest absolute Gasteiger partial charge is 0.264 e. The molecule has 0 aliphatic carbocycles. The fraction of sp³-hybridized carbons (Fsp3) is 0.259. The quantitative estimate of drug-likeness (QED) is 0.375. The van der Waals surface area contributed by atoms with Crippen molar-refractivity contribution in [2.45, 2.75) is 38.3 Å². The molecule has 0 aromatic heterocycles. The SMILES string of the molecule is CCNC(=O)[C@H](C)N(Cc1ccccc1Cl)C(=O)CN(c1ccc(Cl)cc1C)S(=O)(=O)c1ccccc1. The van der Waals surface area contributed by atoms with Gasteiger partial charge in [0, 0.05) is 23.1 Å². The zero-order valence-electron chi connectivity index (χ0n) is 20.8. The molecule has 0 saturated carbocycles. The number of aryl methyl sites for hydroxylation is 1. The third kappa shape index (κ3) is 6.83. The van der Waals surface area contributed by atoms with Gasteiger partial charge in [-0.2, -0.15) is 0 Å². The third-order valence-corrected chi connectivity index (χ3v) is 8.23. The van der Waals surface area contributed by atoms with Crippen molar-refractivity contribution >= 4 is 50.7 Å². The number of benzene rings is 3. The van der Waals surface area contributed by atoms with Crippen molar-refractivity contribution < 1.29 is 18.0 Å². The van der Waals surface area contributed by atoms with E-state index < -0.39 is 28.5 Å². The number of anilines is 1. The number of hydrogen-bond donors (Lipinski definition) is 1. The lowest BCUT2D eigenvalue weighted by Crippen LogP contribution is -2.51. The van der Waals surface area contributed by atoms with Gasteiger partial charge < -0.3 is 10.2 Å². The highest BCUT2D eigenvalue weighted by Gasteiger charge is 2.33. The van der Waals surface area contributed by atoms with Crippen LogP contribution in [0.4, 0.5) is 5.69 Å². The van der Waals surface area contributed by atoms with Crippen molar-refractivity contribution in [2.75, 3.05) is 17.4 Å². The van der Waals surface area contributed by atoms with E-state index in [0.717, 1.165) is 4.31 Å². The van der Waals surface area contributed by atoms with Gasteiger partial charge in [0.1, 0.15) is 12.6 Å². The van der Waals surface area contributed by atoms with Crippen LogP contribution in [0.15, 0.2) is 77.7 Å². The average molecular weight is 563 g/mol. The Balaban J connectivity index is 2.07. The summed E-state index contributed by atoms with van der Waals surface area (Å²) in [5, 5.41) is 3.60. The molecule has 0 aliphatic heterocycles. The molecule has 0 fully saturated rings. The van der Waals surface area contributed by atoms with Crippen LogP contribution in [0.25, 0.3) is 0 Å². The lowest BCUT2D eigenvalue weighted by molar-refractivity contribution is -0.139. The molecule has 37 heavy (non-hydrogen) atoms. The average Bonchev–Trinajstić information content (AvgIpc) is 2.87. The van der Waals surface area contributed by atoms with E-state index >= 15 is 0 Å². The molecule has 1 N–H and O–H groups in total. The van der Waals surface area contributed by atoms with Gasteiger partial charge in [-0.15, -0.1) is 0 Å². The summed E-state index contributed by atoms with van der Waals surface area (Å²) in [7, 11) is -4.14. The Morgan fingerprint density at radius 3 is 2.24 bits per heavy atom. The summed E-state index contributed by atoms with van der Waals surface area (Å²) in [4.78, 5) is 27.9. The molecule has 0 unspecified atom stereocenters. The maximum absolute atomic E-state index is 13.8. The molecule has 2 amide bonds. The molecule has 0 saturated heterocycles. The summed E-state index contributed by atoms with van der Waals surface area (Å²) < 4.78 is 28.6. The maximum atomic E-state index is 13.8. The number of hydrogen-bond acceptors (Lipinski definition) is 4. The first kappa shape index (κ1) is 28.5. The van der Waals surface area contributed by atoms with Crippen LogP contribution in [0.1, 0.15) is 25.0 Å². The number of nitrogens with one attached hydrogen (secondary N) is 1. The minimum atomic E-state index is -4.14. The second-order valence-corrected chi connectivity index (χ2v) is 11.1. The van der Waals surface area contributed by atoms with Gasteiger partial charge in [-0.05, 0) is 68.3 Å². The summed E-state index contributed by atoms with van der Waals surface area (Å²) >= 11 is 12.5. The van der Waals surface area contributed by atoms with Crippen molar-refractivity contribution in [1.29, 1.82) is 0 Å². The van der Waals surface area contributed by atoms with Crippen molar-refractivity contribution in [1.82, 2.24) is 10.2 Å². The van der Waals surface area contributed by atoms with Crippen LogP contribution >= 0.6 is 23.2 Å². The molecule has 0 aliphatic rings. The molecule has 0 radical (unpaired) electrons. The fourth-order valence-corrected chi connectivity index (χ4v) is 5.77. The van der Waals surface area contributed by atoms with Gasteiger partial charge in [0.05, 0.1) is 10.6 Å². The van der Waals surface area contributed by atoms with E-state index in [-0.39, 0.29) is 17.3 Å². The Labute approximate surface area is 228 Å². The van der Waals surface area contributed by atoms with Crippen LogP contribution in [-0.4, -0.2) is 44.3 Å². The molecule has 196 valence electrons. The Morgan fingerprint density at radius 1 is 0.973 bits per heavy atom. The van der Waals surface area contributed by atoms with Crippen LogP contribution in [0.3, 0.4) is 0 Å². The van der Waals surface area contributed by atoms with Crippen molar-refractivity contribution in [2.24, 2.45) is 0 Å². The molecule has 10 heteroatoms. The molecule has 0 spiro atoms. The minimum absolute atomic E-state index is 0.0234. The van der Waals surface area contributed by atoms with Gasteiger partial charge in [0.2, 0.25) is 11.8 Å². The Hall–Kier alpha value is -3.07. The molecular weight excluding hydrogens is 533 g/mol. The first-order chi connectivity index (χ1) is 17.6. The summed E-state index contributed by atoms with van der Waals surface area (Å²) in [5.41, 5.74) is 1.52. The van der Waals surface area contributed by atoms with Crippen LogP contribution in [0, 0.1) is 6.92 Å². The number of nitrogens with zero attached hydrogens (tertiary/aromatic N) is 2. The predicted molar refractivity (Wildman–Crippen MR) is 147 cm³/mol. The van der Waals surface area contributed by atoms with Gasteiger partial charge in [0.15, 0.2) is 0 Å². The molecule has 0 heterocycles. The fourth-order valence-electron chi connectivity index (χ4n) is 3.85. The van der Waals surface area contributed by atoms with Crippen molar-refractivity contribution in [3.8, 4) is 0 Å². The summed E-state index contributed by atoms with van der Waals surface area (Å²) in [6.45, 7) is 4.98. The lowest BCUT2D eigenvalue weighted by atomic mass is 10.1. The number of carbonyl (C=O) groups excluding carboxylic acids is 2. The van der Waals surface area contributed by atoms with E-state index in [1.807, 2.05) is 0 Å². The summed E-state index contributed by atoms with van der Waals surface area (Å²) in [6, 6.07) is 18.8. The summed E-state index contributed by atoms with van der Waals surface area (Å²) in [5.74, 6) is -0.921. The van der Waals surface area contributed by atoms with E-state index in [4.69, 9.17) is 23.2 Å². The van der Waals surface area contributed by atoms with Crippen molar-refractivity contribution in [3.63, 3.8) is 0 Å². The number of likely N-dealkylation sites (N-methyl/N-ethyl adjacent to an activating group) is 1. The van der Waals surface area contributed by atoms with Crippen LogP contribution < -0.4 is 9.62 Å². The van der Waals surface area contributed by atoms with Crippen LogP contribution in [0.5, 0.6) is 0 Å². The molecule has 7 nitrogen and oxygen atoms in total. The monoisotopic (exact) mass is 561 g/mol. The van der Waals surface area contributed by atoms with Crippen LogP contribution in [-0.2, 0) is 26.2 Å². The highest BCUT2D eigenvalue weighted by atomic mass is 35.5. The Morgan fingerprint density at radius 2 is 1.62 bits per heavy atom. The van der Waals surface area contributed by atoms with Crippen molar-refractivity contribution in [3.05, 3.63) is 94.0 Å². The topological polar surface area (TPSA) is 86.8 Å². The van der Waals surface area contributed by atoms with Crippen LogP contribution in [0.2, 0.25) is 10.0 Å². The molecule has 3 aromatic rings. The predicted octanol–water partition coefficient (Wildman–Crippen LogP) is 5.05. The second kappa shape index (κ2) is 12.4. The zero-order valence-corrected chi connectivity index (χ0v) is 23.1. The number of rotatable bonds is 10. The largest absolute Gasteiger partial charge is 0.355 e. The maximum Gasteiger partial charge on any atom is 0.264 e. The minimum Gasteiger partial charge on any atom is -0.355 e. The van der Waals surface area contributed by atoms with Gasteiger partial charge in [-0.25, -0.2) is 8.42 Å². The number of halogens is 2. The normalized spacial score (nSPS) is 12.0. The first-order valence-electron chi connectivity index (χ1n) is 11.7. The van der Waals surface area contributed by atoms with Gasteiger partial charge in [0.25, 0.3) is 10.0 Å². The van der Waals surface area contributed by atoms with E-state index in [0.29, 0.717) is 33.4 Å². The third-order valence-electron chi connectivity index (χ3n) is 5.85. The molecule has 1 atom stereocenters. The van der Waals surface area contributed by atoms with E-state index in [1.165, 1.54) is 17.0 Å². The second-order valence-electron chi connectivity index (χ2n) is 8.44. The first-order valence-corrected chi connectivity index (χ1v) is 13.9. The van der Waals surface area contributed by atoms with E-state index in [2.05, 4.69) is 5.32 Å². The highest BCUT2D eigenvalue weighted by molar-refractivity contribution is 7.92.